The summed E-state index contributed by atoms with van der Waals surface area (Å²) in [5.74, 6) is 0. The van der Waals surface area contributed by atoms with Crippen molar-refractivity contribution in [2.24, 2.45) is 0 Å². The third kappa shape index (κ3) is 2.08. The molecule has 4 rings (SSSR count). The minimum absolute atomic E-state index is 0.956. The van der Waals surface area contributed by atoms with Crippen LogP contribution in [0.3, 0.4) is 0 Å². The van der Waals surface area contributed by atoms with E-state index >= 15 is 0 Å². The predicted octanol–water partition coefficient (Wildman–Crippen LogP) is 6.45. The Balaban J connectivity index is 2.18. The number of rotatable bonds is 1. The van der Waals surface area contributed by atoms with Crippen LogP contribution in [0.15, 0.2) is 72.8 Å². The summed E-state index contributed by atoms with van der Waals surface area (Å²) in [5.41, 5.74) is 2.50. The van der Waals surface area contributed by atoms with Crippen LogP contribution in [0.25, 0.3) is 31.3 Å². The summed E-state index contributed by atoms with van der Waals surface area (Å²) < 4.78 is 3.47. The van der Waals surface area contributed by atoms with Gasteiger partial charge < -0.3 is 0 Å². The highest BCUT2D eigenvalue weighted by atomic mass is 32.1. The largest absolute Gasteiger partial charge is 0.134 e. The van der Waals surface area contributed by atoms with Gasteiger partial charge in [0.05, 0.1) is 4.51 Å². The highest BCUT2D eigenvalue weighted by Crippen LogP contribution is 2.36. The van der Waals surface area contributed by atoms with E-state index in [2.05, 4.69) is 66.7 Å². The molecule has 0 bridgehead atoms. The predicted molar refractivity (Wildman–Crippen MR) is 95.6 cm³/mol. The van der Waals surface area contributed by atoms with E-state index in [0.29, 0.717) is 0 Å². The maximum atomic E-state index is 5.71. The fraction of sp³-hybridized carbons (Fsp3) is 0. The van der Waals surface area contributed by atoms with E-state index in [1.54, 1.807) is 0 Å². The molecule has 0 aliphatic rings. The van der Waals surface area contributed by atoms with Crippen molar-refractivity contribution in [3.05, 3.63) is 77.3 Å². The topological polar surface area (TPSA) is 0 Å². The molecule has 0 atom stereocenters. The van der Waals surface area contributed by atoms with Gasteiger partial charge >= 0.3 is 0 Å². The second-order valence-electron chi connectivity index (χ2n) is 4.98. The zero-order valence-corrected chi connectivity index (χ0v) is 12.9. The van der Waals surface area contributed by atoms with E-state index in [-0.39, 0.29) is 0 Å². The van der Waals surface area contributed by atoms with Gasteiger partial charge in [0, 0.05) is 20.2 Å². The Morgan fingerprint density at radius 3 is 2.24 bits per heavy atom. The number of fused-ring (bicyclic) bond motifs is 2. The van der Waals surface area contributed by atoms with Crippen LogP contribution in [-0.2, 0) is 0 Å². The van der Waals surface area contributed by atoms with Crippen molar-refractivity contribution in [2.45, 2.75) is 0 Å². The third-order valence-corrected chi connectivity index (χ3v) is 5.35. The molecule has 4 aromatic rings. The quantitative estimate of drug-likeness (QED) is 0.287. The van der Waals surface area contributed by atoms with Gasteiger partial charge in [0.2, 0.25) is 0 Å². The Morgan fingerprint density at radius 1 is 0.667 bits per heavy atom. The van der Waals surface area contributed by atoms with E-state index in [1.807, 2.05) is 17.4 Å². The van der Waals surface area contributed by atoms with Crippen molar-refractivity contribution in [2.75, 3.05) is 0 Å². The maximum Gasteiger partial charge on any atom is 0.0550 e. The van der Waals surface area contributed by atoms with Crippen LogP contribution in [-0.4, -0.2) is 0 Å². The lowest BCUT2D eigenvalue weighted by Crippen LogP contribution is -1.81. The standard InChI is InChI=1S/C19H12S2/c20-18-15-9-4-5-12-17(15)21-19-14(10-6-11-16(18)19)13-7-2-1-3-8-13/h1-12H. The monoisotopic (exact) mass is 304 g/mol. The van der Waals surface area contributed by atoms with Gasteiger partial charge in [-0.3, -0.25) is 0 Å². The maximum absolute atomic E-state index is 5.71. The summed E-state index contributed by atoms with van der Waals surface area (Å²) in [4.78, 5) is 0. The normalized spacial score (nSPS) is 11.0. The first-order valence-corrected chi connectivity index (χ1v) is 8.07. The molecule has 0 amide bonds. The average Bonchev–Trinajstić information content (AvgIpc) is 2.56. The SMILES string of the molecule is S=c1c2ccccc2sc2c(-c3ccccc3)cccc12. The fourth-order valence-electron chi connectivity index (χ4n) is 2.67. The Morgan fingerprint density at radius 2 is 1.38 bits per heavy atom. The lowest BCUT2D eigenvalue weighted by molar-refractivity contribution is 1.67. The van der Waals surface area contributed by atoms with E-state index in [0.717, 1.165) is 4.51 Å². The van der Waals surface area contributed by atoms with E-state index in [4.69, 9.17) is 12.2 Å². The Labute approximate surface area is 132 Å². The minimum Gasteiger partial charge on any atom is -0.134 e. The van der Waals surface area contributed by atoms with Gasteiger partial charge in [-0.25, -0.2) is 0 Å². The highest BCUT2D eigenvalue weighted by molar-refractivity contribution is 7.72. The summed E-state index contributed by atoms with van der Waals surface area (Å²) in [5, 5.41) is 2.35. The van der Waals surface area contributed by atoms with Crippen molar-refractivity contribution >= 4 is 43.7 Å². The van der Waals surface area contributed by atoms with Crippen LogP contribution in [0.5, 0.6) is 0 Å². The van der Waals surface area contributed by atoms with Crippen molar-refractivity contribution in [1.82, 2.24) is 0 Å². The molecule has 1 heterocycles. The number of hydrogen-bond donors (Lipinski definition) is 0. The van der Waals surface area contributed by atoms with Crippen LogP contribution in [0, 0.1) is 4.51 Å². The zero-order chi connectivity index (χ0) is 14.2. The third-order valence-electron chi connectivity index (χ3n) is 3.69. The number of benzene rings is 3. The van der Waals surface area contributed by atoms with Crippen LogP contribution in [0.1, 0.15) is 0 Å². The van der Waals surface area contributed by atoms with Gasteiger partial charge in [0.25, 0.3) is 0 Å². The fourth-order valence-corrected chi connectivity index (χ4v) is 4.37. The molecular formula is C19H12S2. The smallest absolute Gasteiger partial charge is 0.0550 e. The lowest BCUT2D eigenvalue weighted by atomic mass is 10.0. The summed E-state index contributed by atoms with van der Waals surface area (Å²) >= 11 is 7.53. The molecule has 21 heavy (non-hydrogen) atoms. The van der Waals surface area contributed by atoms with Gasteiger partial charge in [0.1, 0.15) is 0 Å². The van der Waals surface area contributed by atoms with Crippen molar-refractivity contribution in [3.63, 3.8) is 0 Å². The molecule has 100 valence electrons. The molecule has 0 radical (unpaired) electrons. The summed E-state index contributed by atoms with van der Waals surface area (Å²) in [6.07, 6.45) is 0. The first-order chi connectivity index (χ1) is 10.3. The van der Waals surface area contributed by atoms with Crippen molar-refractivity contribution < 1.29 is 0 Å². The first-order valence-electron chi connectivity index (χ1n) is 6.84. The minimum atomic E-state index is 0.956. The van der Waals surface area contributed by atoms with Crippen LogP contribution in [0.4, 0.5) is 0 Å². The second-order valence-corrected chi connectivity index (χ2v) is 6.44. The molecule has 3 aromatic carbocycles. The van der Waals surface area contributed by atoms with Gasteiger partial charge in [-0.1, -0.05) is 78.9 Å². The average molecular weight is 304 g/mol. The Hall–Kier alpha value is -2.03. The molecule has 0 saturated heterocycles. The summed E-state index contributed by atoms with van der Waals surface area (Å²) in [7, 11) is 0. The van der Waals surface area contributed by atoms with E-state index in [9.17, 15) is 0 Å². The van der Waals surface area contributed by atoms with Gasteiger partial charge in [-0.2, -0.15) is 0 Å². The summed E-state index contributed by atoms with van der Waals surface area (Å²) in [6.45, 7) is 0. The van der Waals surface area contributed by atoms with Crippen LogP contribution < -0.4 is 0 Å². The second kappa shape index (κ2) is 5.06. The Kier molecular flexibility index (Phi) is 3.06. The van der Waals surface area contributed by atoms with Crippen LogP contribution >= 0.6 is 23.6 Å². The van der Waals surface area contributed by atoms with Crippen molar-refractivity contribution in [3.8, 4) is 11.1 Å². The molecule has 0 unspecified atom stereocenters. The molecule has 0 aliphatic carbocycles. The van der Waals surface area contributed by atoms with Crippen LogP contribution in [0.2, 0.25) is 0 Å². The van der Waals surface area contributed by atoms with Gasteiger partial charge in [-0.05, 0) is 17.2 Å². The molecule has 0 spiro atoms. The highest BCUT2D eigenvalue weighted by Gasteiger charge is 2.08. The molecule has 2 heteroatoms. The summed E-state index contributed by atoms with van der Waals surface area (Å²) in [6, 6.07) is 25.3. The molecule has 1 aromatic heterocycles. The molecular weight excluding hydrogens is 292 g/mol. The molecule has 0 saturated carbocycles. The lowest BCUT2D eigenvalue weighted by Gasteiger charge is -2.08. The molecule has 0 nitrogen and oxygen atoms in total. The molecule has 0 fully saturated rings. The van der Waals surface area contributed by atoms with Gasteiger partial charge in [-0.15, -0.1) is 11.3 Å². The molecule has 0 N–H and O–H groups in total. The number of hydrogen-bond acceptors (Lipinski definition) is 2. The van der Waals surface area contributed by atoms with E-state index < -0.39 is 0 Å². The van der Waals surface area contributed by atoms with E-state index in [1.165, 1.54) is 31.3 Å². The van der Waals surface area contributed by atoms with Crippen molar-refractivity contribution in [1.29, 1.82) is 0 Å². The molecule has 0 aliphatic heterocycles. The Bertz CT molecular complexity index is 998. The first kappa shape index (κ1) is 12.7. The zero-order valence-electron chi connectivity index (χ0n) is 11.2. The van der Waals surface area contributed by atoms with Gasteiger partial charge in [0.15, 0.2) is 0 Å².